The molecule has 164 valence electrons. The van der Waals surface area contributed by atoms with Gasteiger partial charge in [0.05, 0.1) is 23.9 Å². The number of carbonyl (C=O) groups is 1. The number of amides is 2. The van der Waals surface area contributed by atoms with Crippen molar-refractivity contribution in [2.45, 2.75) is 6.42 Å². The zero-order valence-corrected chi connectivity index (χ0v) is 19.1. The van der Waals surface area contributed by atoms with Gasteiger partial charge >= 0.3 is 6.03 Å². The monoisotopic (exact) mass is 460 g/mol. The van der Waals surface area contributed by atoms with E-state index in [-0.39, 0.29) is 6.03 Å². The number of urea groups is 1. The van der Waals surface area contributed by atoms with Crippen LogP contribution in [0, 0.1) is 0 Å². The van der Waals surface area contributed by atoms with E-state index < -0.39 is 0 Å². The third kappa shape index (κ3) is 4.80. The second kappa shape index (κ2) is 9.62. The highest BCUT2D eigenvalue weighted by Crippen LogP contribution is 2.38. The number of fused-ring (bicyclic) bond motifs is 1. The maximum atomic E-state index is 12.5. The summed E-state index contributed by atoms with van der Waals surface area (Å²) in [6.45, 7) is 3.35. The summed E-state index contributed by atoms with van der Waals surface area (Å²) in [6.07, 6.45) is 0.782. The van der Waals surface area contributed by atoms with E-state index in [1.165, 1.54) is 0 Å². The smallest absolute Gasteiger partial charge is 0.317 e. The third-order valence-corrected chi connectivity index (χ3v) is 6.93. The zero-order chi connectivity index (χ0) is 21.8. The van der Waals surface area contributed by atoms with Crippen molar-refractivity contribution >= 4 is 44.3 Å². The lowest BCUT2D eigenvalue weighted by molar-refractivity contribution is 0.194. The molecule has 1 aliphatic heterocycles. The van der Waals surface area contributed by atoms with Crippen molar-refractivity contribution in [1.82, 2.24) is 15.2 Å². The van der Waals surface area contributed by atoms with Crippen LogP contribution >= 0.6 is 22.9 Å². The normalized spacial score (nSPS) is 14.0. The summed E-state index contributed by atoms with van der Waals surface area (Å²) in [5.41, 5.74) is 1.95. The van der Waals surface area contributed by atoms with Gasteiger partial charge in [0.15, 0.2) is 5.13 Å². The molecule has 1 fully saturated rings. The average molecular weight is 461 g/mol. The molecule has 0 radical (unpaired) electrons. The van der Waals surface area contributed by atoms with Crippen molar-refractivity contribution in [2.24, 2.45) is 0 Å². The van der Waals surface area contributed by atoms with Gasteiger partial charge < -0.3 is 24.6 Å². The average Bonchev–Trinajstić information content (AvgIpc) is 3.26. The topological polar surface area (TPSA) is 66.9 Å². The van der Waals surface area contributed by atoms with Crippen LogP contribution in [-0.4, -0.2) is 62.9 Å². The molecule has 0 atom stereocenters. The highest BCUT2D eigenvalue weighted by Gasteiger charge is 2.24. The number of aromatic nitrogens is 1. The number of ether oxygens (including phenoxy) is 2. The Morgan fingerprint density at radius 2 is 1.84 bits per heavy atom. The van der Waals surface area contributed by atoms with E-state index in [1.807, 2.05) is 41.3 Å². The lowest BCUT2D eigenvalue weighted by Crippen LogP contribution is -2.52. The summed E-state index contributed by atoms with van der Waals surface area (Å²) in [4.78, 5) is 21.3. The number of nitrogens with one attached hydrogen (secondary N) is 1. The zero-order valence-electron chi connectivity index (χ0n) is 17.6. The first-order valence-corrected chi connectivity index (χ1v) is 11.3. The van der Waals surface area contributed by atoms with Gasteiger partial charge in [-0.1, -0.05) is 35.1 Å². The number of hydrogen-bond donors (Lipinski definition) is 1. The van der Waals surface area contributed by atoms with Gasteiger partial charge in [0.1, 0.15) is 17.0 Å². The number of methoxy groups -OCH3 is 2. The molecule has 2 amide bonds. The Morgan fingerprint density at radius 3 is 2.52 bits per heavy atom. The van der Waals surface area contributed by atoms with Crippen LogP contribution in [-0.2, 0) is 6.42 Å². The molecule has 9 heteroatoms. The molecule has 0 aliphatic carbocycles. The fraction of sp³-hybridized carbons (Fsp3) is 0.364. The molecular weight excluding hydrogens is 436 g/mol. The van der Waals surface area contributed by atoms with E-state index in [0.29, 0.717) is 24.7 Å². The van der Waals surface area contributed by atoms with Gasteiger partial charge in [0, 0.05) is 32.7 Å². The fourth-order valence-electron chi connectivity index (χ4n) is 3.56. The quantitative estimate of drug-likeness (QED) is 0.601. The number of thiazole rings is 1. The van der Waals surface area contributed by atoms with Crippen LogP contribution in [0.3, 0.4) is 0 Å². The number of rotatable bonds is 6. The predicted molar refractivity (Wildman–Crippen MR) is 125 cm³/mol. The van der Waals surface area contributed by atoms with Crippen LogP contribution < -0.4 is 19.7 Å². The molecule has 2 aromatic carbocycles. The molecule has 0 spiro atoms. The fourth-order valence-corrected chi connectivity index (χ4v) is 4.87. The van der Waals surface area contributed by atoms with E-state index in [2.05, 4.69) is 10.2 Å². The van der Waals surface area contributed by atoms with Crippen LogP contribution in [0.4, 0.5) is 9.93 Å². The van der Waals surface area contributed by atoms with Gasteiger partial charge in [-0.15, -0.1) is 0 Å². The van der Waals surface area contributed by atoms with E-state index in [1.54, 1.807) is 25.6 Å². The maximum absolute atomic E-state index is 12.5. The molecule has 0 unspecified atom stereocenters. The lowest BCUT2D eigenvalue weighted by Gasteiger charge is -2.34. The van der Waals surface area contributed by atoms with Crippen LogP contribution in [0.5, 0.6) is 11.5 Å². The van der Waals surface area contributed by atoms with E-state index >= 15 is 0 Å². The third-order valence-electron chi connectivity index (χ3n) is 5.35. The van der Waals surface area contributed by atoms with Crippen LogP contribution in [0.1, 0.15) is 5.56 Å². The number of anilines is 1. The molecule has 0 saturated carbocycles. The maximum Gasteiger partial charge on any atom is 0.317 e. The summed E-state index contributed by atoms with van der Waals surface area (Å²) in [5, 5.41) is 4.60. The minimum absolute atomic E-state index is 0.0258. The van der Waals surface area contributed by atoms with E-state index in [9.17, 15) is 4.79 Å². The molecule has 1 aliphatic rings. The molecule has 7 nitrogen and oxygen atoms in total. The second-order valence-electron chi connectivity index (χ2n) is 7.23. The molecule has 4 rings (SSSR count). The summed E-state index contributed by atoms with van der Waals surface area (Å²) >= 11 is 7.90. The molecule has 2 heterocycles. The SMILES string of the molecule is COc1ccc(CCNC(=O)N2CCN(c3nc4c(OC)ccc(Cl)c4s3)CC2)cc1. The van der Waals surface area contributed by atoms with Crippen LogP contribution in [0.25, 0.3) is 10.2 Å². The molecule has 31 heavy (non-hydrogen) atoms. The standard InChI is InChI=1S/C22H25ClN4O3S/c1-29-16-5-3-15(4-6-16)9-10-24-21(28)26-11-13-27(14-12-26)22-25-19-18(30-2)8-7-17(23)20(19)31-22/h3-8H,9-14H2,1-2H3,(H,24,28). The molecular formula is C22H25ClN4O3S. The highest BCUT2D eigenvalue weighted by molar-refractivity contribution is 7.22. The minimum Gasteiger partial charge on any atom is -0.497 e. The summed E-state index contributed by atoms with van der Waals surface area (Å²) in [6, 6.07) is 11.5. The Hall–Kier alpha value is -2.71. The number of hydrogen-bond acceptors (Lipinski definition) is 6. The van der Waals surface area contributed by atoms with Crippen molar-refractivity contribution in [3.05, 3.63) is 47.0 Å². The minimum atomic E-state index is -0.0258. The number of nitrogens with zero attached hydrogens (tertiary/aromatic N) is 3. The van der Waals surface area contributed by atoms with Crippen molar-refractivity contribution in [3.63, 3.8) is 0 Å². The lowest BCUT2D eigenvalue weighted by atomic mass is 10.1. The van der Waals surface area contributed by atoms with E-state index in [4.69, 9.17) is 26.1 Å². The van der Waals surface area contributed by atoms with Crippen LogP contribution in [0.2, 0.25) is 5.02 Å². The molecule has 1 saturated heterocycles. The van der Waals surface area contributed by atoms with Gasteiger partial charge in [0.2, 0.25) is 0 Å². The van der Waals surface area contributed by atoms with Crippen molar-refractivity contribution < 1.29 is 14.3 Å². The van der Waals surface area contributed by atoms with Gasteiger partial charge in [-0.25, -0.2) is 9.78 Å². The predicted octanol–water partition coefficient (Wildman–Crippen LogP) is 4.04. The molecule has 1 aromatic heterocycles. The van der Waals surface area contributed by atoms with Gasteiger partial charge in [-0.3, -0.25) is 0 Å². The van der Waals surface area contributed by atoms with Crippen LogP contribution in [0.15, 0.2) is 36.4 Å². The molecule has 3 aromatic rings. The van der Waals surface area contributed by atoms with Gasteiger partial charge in [-0.2, -0.15) is 0 Å². The van der Waals surface area contributed by atoms with E-state index in [0.717, 1.165) is 51.9 Å². The Balaban J connectivity index is 1.29. The van der Waals surface area contributed by atoms with Crippen molar-refractivity contribution in [3.8, 4) is 11.5 Å². The largest absolute Gasteiger partial charge is 0.497 e. The first-order chi connectivity index (χ1) is 15.1. The number of halogens is 1. The van der Waals surface area contributed by atoms with Gasteiger partial charge in [-0.05, 0) is 36.2 Å². The number of piperazine rings is 1. The first-order valence-electron chi connectivity index (χ1n) is 10.1. The number of carbonyl (C=O) groups excluding carboxylic acids is 1. The summed E-state index contributed by atoms with van der Waals surface area (Å²) in [5.74, 6) is 1.55. The Bertz CT molecular complexity index is 1050. The molecule has 0 bridgehead atoms. The Morgan fingerprint density at radius 1 is 1.10 bits per heavy atom. The molecule has 1 N–H and O–H groups in total. The Kier molecular flexibility index (Phi) is 6.67. The summed E-state index contributed by atoms with van der Waals surface area (Å²) < 4.78 is 11.5. The summed E-state index contributed by atoms with van der Waals surface area (Å²) in [7, 11) is 3.28. The Labute approximate surface area is 190 Å². The highest BCUT2D eigenvalue weighted by atomic mass is 35.5. The second-order valence-corrected chi connectivity index (χ2v) is 8.61. The van der Waals surface area contributed by atoms with Gasteiger partial charge in [0.25, 0.3) is 0 Å². The number of benzene rings is 2. The first kappa shape index (κ1) is 21.5. The van der Waals surface area contributed by atoms with Crippen molar-refractivity contribution in [2.75, 3.05) is 51.8 Å². The van der Waals surface area contributed by atoms with Crippen molar-refractivity contribution in [1.29, 1.82) is 0 Å².